The maximum atomic E-state index is 14.1. The molecule has 0 aromatic carbocycles. The van der Waals surface area contributed by atoms with Crippen molar-refractivity contribution in [1.82, 2.24) is 14.7 Å². The molecule has 6 aliphatic heterocycles. The largest absolute Gasteiger partial charge is 0.472 e. The third kappa shape index (κ3) is 23.1. The summed E-state index contributed by atoms with van der Waals surface area (Å²) in [5.41, 5.74) is -1.11. The normalized spacial score (nSPS) is 36.7. The fourth-order valence-electron chi connectivity index (χ4n) is 12.7. The van der Waals surface area contributed by atoms with Gasteiger partial charge < -0.3 is 99.0 Å². The minimum atomic E-state index is -5.09. The fraction of sp³-hybridized carbons (Fsp3) is 0.947. The van der Waals surface area contributed by atoms with Crippen molar-refractivity contribution < 1.29 is 140 Å². The number of hydrogen-bond acceptors (Lipinski definition) is 26. The minimum absolute atomic E-state index is 0.0191. The van der Waals surface area contributed by atoms with Crippen LogP contribution < -0.4 is 0 Å². The van der Waals surface area contributed by atoms with Gasteiger partial charge in [0.1, 0.15) is 36.6 Å². The second-order valence-corrected chi connectivity index (χ2v) is 30.7. The Morgan fingerprint density at radius 1 is 0.467 bits per heavy atom. The highest BCUT2D eigenvalue weighted by molar-refractivity contribution is 7.48. The van der Waals surface area contributed by atoms with E-state index in [0.29, 0.717) is 57.9 Å². The predicted octanol–water partition coefficient (Wildman–Crippen LogP) is 0.954. The molecule has 3 amide bonds. The fourth-order valence-corrected chi connectivity index (χ4v) is 15.7. The van der Waals surface area contributed by atoms with Crippen molar-refractivity contribution >= 4 is 41.2 Å². The van der Waals surface area contributed by atoms with Gasteiger partial charge in [0.2, 0.25) is 17.7 Å². The van der Waals surface area contributed by atoms with Crippen molar-refractivity contribution in [2.24, 2.45) is 23.7 Å². The molecule has 0 saturated carbocycles. The average molecular weight is 1390 g/mol. The summed E-state index contributed by atoms with van der Waals surface area (Å²) in [4.78, 5) is 78.5. The van der Waals surface area contributed by atoms with Crippen LogP contribution in [0.2, 0.25) is 0 Å². The molecular formula is C57H104N3O29P3. The van der Waals surface area contributed by atoms with E-state index in [4.69, 9.17) is 50.8 Å². The number of amides is 3. The second kappa shape index (κ2) is 35.8. The molecule has 6 rings (SSSR count). The minimum Gasteiger partial charge on any atom is -0.394 e. The molecule has 6 fully saturated rings. The Labute approximate surface area is 537 Å². The lowest BCUT2D eigenvalue weighted by Crippen LogP contribution is -2.55. The number of phosphoric acid groups is 3. The summed E-state index contributed by atoms with van der Waals surface area (Å²) in [5, 5.41) is 90.7. The van der Waals surface area contributed by atoms with E-state index in [1.54, 1.807) is 25.7 Å². The number of ether oxygens (including phenoxy) is 5. The van der Waals surface area contributed by atoms with Crippen molar-refractivity contribution in [3.05, 3.63) is 0 Å². The SMILES string of the molecule is CC1C(CCCCCC(=O)N2C[C@H](OP(=O)(O)OC[C@@H]3C[C@@H](C)CN3C(=O)CCCCOC3OC(CO)C(O)C(O)C3C)C[C@H]2COP(=O)(O)O[C@@H]2C[C@@H](COP(=O)(O)OC(C)(C)C)N(C(=O)CCCCOC3OC(CO)C(O)C(O)C3C)C2)OC(CO)C(O)C1O. The van der Waals surface area contributed by atoms with Gasteiger partial charge in [-0.2, -0.15) is 0 Å². The number of carbonyl (C=O) groups is 3. The summed E-state index contributed by atoms with van der Waals surface area (Å²) < 4.78 is 102. The van der Waals surface area contributed by atoms with E-state index in [0.717, 1.165) is 0 Å². The number of nitrogens with zero attached hydrogens (tertiary/aromatic N) is 3. The predicted molar refractivity (Wildman–Crippen MR) is 321 cm³/mol. The molecular weight excluding hydrogens is 1280 g/mol. The number of unbranched alkanes of at least 4 members (excludes halogenated alkanes) is 4. The summed E-state index contributed by atoms with van der Waals surface area (Å²) in [6.07, 6.45) is -11.8. The molecule has 536 valence electrons. The van der Waals surface area contributed by atoms with E-state index in [2.05, 4.69) is 0 Å². The Morgan fingerprint density at radius 3 is 1.25 bits per heavy atom. The molecule has 6 aliphatic rings. The van der Waals surface area contributed by atoms with Crippen LogP contribution in [-0.4, -0.2) is 275 Å². The number of rotatable bonds is 35. The van der Waals surface area contributed by atoms with Gasteiger partial charge in [0.05, 0.1) is 100.0 Å². The molecule has 0 bridgehead atoms. The molecule has 12 N–H and O–H groups in total. The second-order valence-electron chi connectivity index (χ2n) is 26.5. The first kappa shape index (κ1) is 79.2. The van der Waals surface area contributed by atoms with E-state index in [1.807, 2.05) is 6.92 Å². The lowest BCUT2D eigenvalue weighted by Gasteiger charge is -2.41. The van der Waals surface area contributed by atoms with Gasteiger partial charge in [0.15, 0.2) is 12.6 Å². The molecule has 32 nitrogen and oxygen atoms in total. The van der Waals surface area contributed by atoms with Crippen molar-refractivity contribution in [2.45, 2.75) is 248 Å². The summed E-state index contributed by atoms with van der Waals surface area (Å²) in [6.45, 7) is 8.39. The molecule has 6 heterocycles. The van der Waals surface area contributed by atoms with Gasteiger partial charge in [-0.3, -0.25) is 41.5 Å². The van der Waals surface area contributed by atoms with E-state index < -0.39 is 196 Å². The van der Waals surface area contributed by atoms with Gasteiger partial charge in [-0.05, 0) is 84.5 Å². The van der Waals surface area contributed by atoms with Crippen molar-refractivity contribution in [1.29, 1.82) is 0 Å². The Hall–Kier alpha value is -1.82. The Morgan fingerprint density at radius 2 is 0.837 bits per heavy atom. The standard InChI is InChI=1S/C57H104N3O29P3/c1-33-21-37(58(24-33)46(64)17-11-13-19-79-55-35(3)50(68)53(71)44(28-62)85-55)30-81-90(73,74)87-40-22-38(59(25-40)47(65)16-10-8-9-15-42-34(2)49(67)52(70)43(27-61)84-42)31-82-91(75,76)88-41-23-39(32-83-92(77,78)89-57(5,6)7)60(26-41)48(66)18-12-14-20-80-56-36(4)51(69)54(72)45(29-63)86-56/h33-45,49-56,61-63,67-72H,8-32H2,1-7H3,(H,73,74)(H,75,76)(H,77,78)/t33-,34?,35?,36?,37+,38+,39+,40-,41-,42?,43?,44?,45?,49?,50?,51?,52?,53?,54?,55?,56?/m1/s1. The molecule has 0 aromatic heterocycles. The zero-order chi connectivity index (χ0) is 68.0. The maximum Gasteiger partial charge on any atom is 0.472 e. The molecule has 24 atom stereocenters. The summed E-state index contributed by atoms with van der Waals surface area (Å²) in [5.74, 6) is -2.81. The number of likely N-dealkylation sites (tertiary alicyclic amines) is 3. The highest BCUT2D eigenvalue weighted by Crippen LogP contribution is 2.51. The summed E-state index contributed by atoms with van der Waals surface area (Å²) in [6, 6.07) is -2.60. The van der Waals surface area contributed by atoms with E-state index in [1.165, 1.54) is 30.6 Å². The van der Waals surface area contributed by atoms with E-state index >= 15 is 0 Å². The van der Waals surface area contributed by atoms with Crippen LogP contribution in [0.15, 0.2) is 0 Å². The molecule has 0 spiro atoms. The zero-order valence-corrected chi connectivity index (χ0v) is 56.5. The van der Waals surface area contributed by atoms with Crippen LogP contribution in [0.1, 0.15) is 138 Å². The Bertz CT molecular complexity index is 2450. The zero-order valence-electron chi connectivity index (χ0n) is 53.8. The molecule has 0 aliphatic carbocycles. The van der Waals surface area contributed by atoms with Crippen LogP contribution in [0.5, 0.6) is 0 Å². The van der Waals surface area contributed by atoms with Crippen molar-refractivity contribution in [3.8, 4) is 0 Å². The molecule has 0 radical (unpaired) electrons. The first-order valence-electron chi connectivity index (χ1n) is 32.2. The number of hydrogen-bond donors (Lipinski definition) is 12. The Kier molecular flexibility index (Phi) is 30.8. The molecule has 35 heteroatoms. The van der Waals surface area contributed by atoms with Gasteiger partial charge in [-0.25, -0.2) is 13.7 Å². The van der Waals surface area contributed by atoms with Gasteiger partial charge in [-0.15, -0.1) is 0 Å². The van der Waals surface area contributed by atoms with Crippen LogP contribution >= 0.6 is 23.5 Å². The third-order valence-corrected chi connectivity index (χ3v) is 21.2. The number of aliphatic hydroxyl groups excluding tert-OH is 9. The highest BCUT2D eigenvalue weighted by Gasteiger charge is 2.48. The number of carbonyl (C=O) groups excluding carboxylic acids is 3. The van der Waals surface area contributed by atoms with Crippen molar-refractivity contribution in [2.75, 3.05) is 72.5 Å². The van der Waals surface area contributed by atoms with Gasteiger partial charge in [-0.1, -0.05) is 40.5 Å². The van der Waals surface area contributed by atoms with Crippen LogP contribution in [0.3, 0.4) is 0 Å². The van der Waals surface area contributed by atoms with Crippen LogP contribution in [0.4, 0.5) is 0 Å². The first-order chi connectivity index (χ1) is 43.2. The summed E-state index contributed by atoms with van der Waals surface area (Å²) in [7, 11) is -14.7. The average Bonchev–Trinajstić information content (AvgIpc) is 1.04. The van der Waals surface area contributed by atoms with Gasteiger partial charge in [0.25, 0.3) is 0 Å². The maximum absolute atomic E-state index is 14.1. The van der Waals surface area contributed by atoms with Gasteiger partial charge >= 0.3 is 23.5 Å². The monoisotopic (exact) mass is 1390 g/mol. The summed E-state index contributed by atoms with van der Waals surface area (Å²) >= 11 is 0. The van der Waals surface area contributed by atoms with Crippen molar-refractivity contribution in [3.63, 3.8) is 0 Å². The third-order valence-electron chi connectivity index (χ3n) is 17.9. The Balaban J connectivity index is 1.05. The lowest BCUT2D eigenvalue weighted by atomic mass is 9.86. The van der Waals surface area contributed by atoms with Crippen LogP contribution in [0.25, 0.3) is 0 Å². The number of phosphoric ester groups is 3. The molecule has 92 heavy (non-hydrogen) atoms. The molecule has 6 saturated heterocycles. The molecule has 18 unspecified atom stereocenters. The highest BCUT2D eigenvalue weighted by atomic mass is 31.2. The molecule has 0 aromatic rings. The first-order valence-corrected chi connectivity index (χ1v) is 36.6. The smallest absolute Gasteiger partial charge is 0.394 e. The van der Waals surface area contributed by atoms with Crippen LogP contribution in [-0.2, 0) is 78.9 Å². The van der Waals surface area contributed by atoms with E-state index in [9.17, 15) is 88.7 Å². The quantitative estimate of drug-likeness (QED) is 0.0310. The lowest BCUT2D eigenvalue weighted by molar-refractivity contribution is -0.282. The van der Waals surface area contributed by atoms with Crippen LogP contribution in [0, 0.1) is 23.7 Å². The topological polar surface area (TPSA) is 456 Å². The van der Waals surface area contributed by atoms with Gasteiger partial charge in [0, 0.05) is 69.9 Å². The number of aliphatic hydroxyl groups is 9. The van der Waals surface area contributed by atoms with E-state index in [-0.39, 0.29) is 83.3 Å².